The number of nitrogens with zero attached hydrogens (tertiary/aromatic N) is 1. The fraction of sp³-hybridized carbons (Fsp3) is 0.500. The molecule has 0 bridgehead atoms. The number of hydrogen-bond acceptors (Lipinski definition) is 2. The van der Waals surface area contributed by atoms with Crippen LogP contribution >= 0.6 is 0 Å². The van der Waals surface area contributed by atoms with Crippen LogP contribution < -0.4 is 0 Å². The van der Waals surface area contributed by atoms with Gasteiger partial charge in [-0.3, -0.25) is 4.98 Å². The predicted octanol–water partition coefficient (Wildman–Crippen LogP) is 3.87. The Kier molecular flexibility index (Phi) is 4.47. The molecular formula is C10H6F9NO. The van der Waals surface area contributed by atoms with Crippen molar-refractivity contribution in [3.05, 3.63) is 29.6 Å². The maximum atomic E-state index is 12.6. The predicted molar refractivity (Wildman–Crippen MR) is 49.8 cm³/mol. The molecule has 11 heteroatoms. The second kappa shape index (κ2) is 5.35. The van der Waals surface area contributed by atoms with Gasteiger partial charge in [-0.05, 0) is 6.07 Å². The van der Waals surface area contributed by atoms with E-state index in [-0.39, 0.29) is 12.3 Å². The highest BCUT2D eigenvalue weighted by molar-refractivity contribution is 5.29. The molecule has 0 fully saturated rings. The van der Waals surface area contributed by atoms with Crippen molar-refractivity contribution in [3.8, 4) is 0 Å². The van der Waals surface area contributed by atoms with E-state index in [2.05, 4.69) is 4.98 Å². The maximum Gasteiger partial charge on any atom is 0.416 e. The molecule has 0 aliphatic heterocycles. The molecule has 2 nitrogen and oxygen atoms in total. The lowest BCUT2D eigenvalue weighted by atomic mass is 9.92. The Morgan fingerprint density at radius 2 is 1.38 bits per heavy atom. The van der Waals surface area contributed by atoms with Crippen LogP contribution in [0.4, 0.5) is 39.5 Å². The van der Waals surface area contributed by atoms with Gasteiger partial charge in [0.2, 0.25) is 0 Å². The summed E-state index contributed by atoms with van der Waals surface area (Å²) < 4.78 is 112. The van der Waals surface area contributed by atoms with Crippen LogP contribution in [0.3, 0.4) is 0 Å². The number of rotatable bonds is 2. The van der Waals surface area contributed by atoms with Gasteiger partial charge >= 0.3 is 18.5 Å². The average molecular weight is 327 g/mol. The number of aliphatic hydroxyl groups excluding tert-OH is 1. The zero-order valence-corrected chi connectivity index (χ0v) is 9.68. The Labute approximate surface area is 111 Å². The van der Waals surface area contributed by atoms with Crippen molar-refractivity contribution in [3.63, 3.8) is 0 Å². The van der Waals surface area contributed by atoms with Gasteiger partial charge in [0.25, 0.3) is 0 Å². The monoisotopic (exact) mass is 327 g/mol. The van der Waals surface area contributed by atoms with Gasteiger partial charge in [-0.1, -0.05) is 0 Å². The number of halogens is 9. The molecule has 1 aromatic rings. The summed E-state index contributed by atoms with van der Waals surface area (Å²) in [5.41, 5.74) is -3.41. The van der Waals surface area contributed by atoms with Gasteiger partial charge in [0.15, 0.2) is 5.92 Å². The molecule has 0 radical (unpaired) electrons. The summed E-state index contributed by atoms with van der Waals surface area (Å²) in [6.45, 7) is 0. The van der Waals surface area contributed by atoms with Gasteiger partial charge in [-0.15, -0.1) is 0 Å². The Bertz CT molecular complexity index is 477. The molecule has 0 saturated heterocycles. The first-order valence-electron chi connectivity index (χ1n) is 5.09. The molecule has 1 heterocycles. The van der Waals surface area contributed by atoms with E-state index >= 15 is 0 Å². The lowest BCUT2D eigenvalue weighted by Crippen LogP contribution is -2.41. The number of pyridine rings is 1. The van der Waals surface area contributed by atoms with Crippen LogP contribution in [0, 0.1) is 5.92 Å². The second-order valence-electron chi connectivity index (χ2n) is 3.97. The Hall–Kier alpha value is -1.52. The largest absolute Gasteiger partial charge is 0.416 e. The van der Waals surface area contributed by atoms with E-state index < -0.39 is 41.7 Å². The third kappa shape index (κ3) is 3.99. The molecule has 1 N–H and O–H groups in total. The Morgan fingerprint density at radius 1 is 0.905 bits per heavy atom. The van der Waals surface area contributed by atoms with Crippen LogP contribution in [0.2, 0.25) is 0 Å². The fourth-order valence-electron chi connectivity index (χ4n) is 1.62. The summed E-state index contributed by atoms with van der Waals surface area (Å²) in [7, 11) is 0. The maximum absolute atomic E-state index is 12.6. The van der Waals surface area contributed by atoms with Gasteiger partial charge < -0.3 is 5.11 Å². The number of alkyl halides is 9. The summed E-state index contributed by atoms with van der Waals surface area (Å²) in [6, 6.07) is 0.183. The minimum absolute atomic E-state index is 0.123. The highest BCUT2D eigenvalue weighted by Gasteiger charge is 2.61. The summed E-state index contributed by atoms with van der Waals surface area (Å²) in [5.74, 6) is -4.35. The van der Waals surface area contributed by atoms with E-state index in [9.17, 15) is 44.6 Å². The lowest BCUT2D eigenvalue weighted by molar-refractivity contribution is -0.308. The number of hydrogen-bond donors (Lipinski definition) is 1. The first kappa shape index (κ1) is 17.5. The molecule has 21 heavy (non-hydrogen) atoms. The van der Waals surface area contributed by atoms with Gasteiger partial charge in [-0.2, -0.15) is 39.5 Å². The lowest BCUT2D eigenvalue weighted by Gasteiger charge is -2.28. The van der Waals surface area contributed by atoms with Crippen molar-refractivity contribution < 1.29 is 44.6 Å². The average Bonchev–Trinajstić information content (AvgIpc) is 2.23. The molecule has 0 spiro atoms. The van der Waals surface area contributed by atoms with E-state index in [0.717, 1.165) is 0 Å². The summed E-state index contributed by atoms with van der Waals surface area (Å²) >= 11 is 0. The van der Waals surface area contributed by atoms with Crippen LogP contribution in [-0.4, -0.2) is 22.4 Å². The van der Waals surface area contributed by atoms with E-state index in [0.29, 0.717) is 6.20 Å². The zero-order chi connectivity index (χ0) is 16.6. The third-order valence-corrected chi connectivity index (χ3v) is 2.50. The second-order valence-corrected chi connectivity index (χ2v) is 3.97. The smallest absolute Gasteiger partial charge is 0.387 e. The molecule has 1 rings (SSSR count). The van der Waals surface area contributed by atoms with Crippen molar-refractivity contribution in [1.29, 1.82) is 0 Å². The van der Waals surface area contributed by atoms with E-state index in [1.165, 1.54) is 0 Å². The highest BCUT2D eigenvalue weighted by Crippen LogP contribution is 2.48. The van der Waals surface area contributed by atoms with Gasteiger partial charge in [0, 0.05) is 18.0 Å². The van der Waals surface area contributed by atoms with Crippen LogP contribution in [0.15, 0.2) is 18.5 Å². The first-order chi connectivity index (χ1) is 9.26. The van der Waals surface area contributed by atoms with Gasteiger partial charge in [-0.25, -0.2) is 0 Å². The summed E-state index contributed by atoms with van der Waals surface area (Å²) in [4.78, 5) is 3.03. The molecule has 1 aromatic heterocycles. The topological polar surface area (TPSA) is 33.1 Å². The quantitative estimate of drug-likeness (QED) is 0.837. The van der Waals surface area contributed by atoms with Gasteiger partial charge in [0.05, 0.1) is 5.56 Å². The van der Waals surface area contributed by atoms with Crippen molar-refractivity contribution in [2.45, 2.75) is 24.6 Å². The number of aliphatic hydroxyl groups is 1. The van der Waals surface area contributed by atoms with E-state index in [4.69, 9.17) is 0 Å². The molecule has 1 atom stereocenters. The molecule has 0 amide bonds. The summed E-state index contributed by atoms with van der Waals surface area (Å²) in [5, 5.41) is 9.22. The minimum atomic E-state index is -5.98. The Balaban J connectivity index is 3.39. The van der Waals surface area contributed by atoms with Crippen LogP contribution in [0.5, 0.6) is 0 Å². The van der Waals surface area contributed by atoms with Crippen molar-refractivity contribution in [2.75, 3.05) is 0 Å². The third-order valence-electron chi connectivity index (χ3n) is 2.50. The SMILES string of the molecule is OC(c1cnccc1C(F)(F)F)C(C(F)(F)F)C(F)(F)F. The number of aromatic nitrogens is 1. The molecule has 0 aliphatic carbocycles. The van der Waals surface area contributed by atoms with Crippen LogP contribution in [0.1, 0.15) is 17.2 Å². The van der Waals surface area contributed by atoms with Crippen LogP contribution in [-0.2, 0) is 6.18 Å². The van der Waals surface area contributed by atoms with Crippen molar-refractivity contribution in [2.24, 2.45) is 5.92 Å². The molecule has 0 aliphatic rings. The molecule has 0 saturated carbocycles. The van der Waals surface area contributed by atoms with Crippen molar-refractivity contribution in [1.82, 2.24) is 4.98 Å². The standard InChI is InChI=1S/C10H6F9NO/c11-8(12,13)5-1-2-20-3-4(5)6(21)7(9(14,15)16)10(17,18)19/h1-3,6-7,21H. The highest BCUT2D eigenvalue weighted by atomic mass is 19.4. The van der Waals surface area contributed by atoms with Crippen molar-refractivity contribution >= 4 is 0 Å². The van der Waals surface area contributed by atoms with Crippen LogP contribution in [0.25, 0.3) is 0 Å². The normalized spacial score (nSPS) is 15.4. The van der Waals surface area contributed by atoms with Gasteiger partial charge in [0.1, 0.15) is 6.10 Å². The zero-order valence-electron chi connectivity index (χ0n) is 9.68. The van der Waals surface area contributed by atoms with E-state index in [1.54, 1.807) is 0 Å². The van der Waals surface area contributed by atoms with E-state index in [1.807, 2.05) is 0 Å². The Morgan fingerprint density at radius 3 is 1.76 bits per heavy atom. The molecular weight excluding hydrogens is 321 g/mol. The summed E-state index contributed by atoms with van der Waals surface area (Å²) in [6.07, 6.45) is -20.0. The molecule has 1 unspecified atom stereocenters. The fourth-order valence-corrected chi connectivity index (χ4v) is 1.62. The molecule has 120 valence electrons. The minimum Gasteiger partial charge on any atom is -0.387 e. The first-order valence-corrected chi connectivity index (χ1v) is 5.09. The molecule has 0 aromatic carbocycles.